The summed E-state index contributed by atoms with van der Waals surface area (Å²) >= 11 is 0. The average molecular weight is 540 g/mol. The third-order valence-electron chi connectivity index (χ3n) is 7.36. The fourth-order valence-electron chi connectivity index (χ4n) is 5.08. The van der Waals surface area contributed by atoms with Crippen LogP contribution in [-0.4, -0.2) is 79.3 Å². The van der Waals surface area contributed by atoms with Crippen molar-refractivity contribution in [2.45, 2.75) is 19.4 Å². The van der Waals surface area contributed by atoms with Crippen LogP contribution in [0.4, 0.5) is 5.82 Å². The van der Waals surface area contributed by atoms with E-state index in [0.29, 0.717) is 29.7 Å². The number of nitrogens with zero attached hydrogens (tertiary/aromatic N) is 7. The van der Waals surface area contributed by atoms with Gasteiger partial charge < -0.3 is 19.9 Å². The first kappa shape index (κ1) is 25.9. The van der Waals surface area contributed by atoms with Gasteiger partial charge in [-0.05, 0) is 37.6 Å². The number of morpholine rings is 1. The van der Waals surface area contributed by atoms with E-state index in [2.05, 4.69) is 44.6 Å². The molecule has 0 aliphatic carbocycles. The molecule has 11 heteroatoms. The summed E-state index contributed by atoms with van der Waals surface area (Å²) in [6.45, 7) is 7.05. The maximum atomic E-state index is 13.3. The number of anilines is 1. The van der Waals surface area contributed by atoms with Crippen molar-refractivity contribution in [3.05, 3.63) is 72.4 Å². The zero-order valence-electron chi connectivity index (χ0n) is 22.7. The van der Waals surface area contributed by atoms with Crippen LogP contribution >= 0.6 is 0 Å². The van der Waals surface area contributed by atoms with Gasteiger partial charge in [-0.25, -0.2) is 4.98 Å². The third kappa shape index (κ3) is 5.25. The number of hydrogen-bond donors (Lipinski definition) is 2. The summed E-state index contributed by atoms with van der Waals surface area (Å²) in [7, 11) is 1.86. The highest BCUT2D eigenvalue weighted by Gasteiger charge is 2.21. The number of pyridine rings is 1. The van der Waals surface area contributed by atoms with Crippen molar-refractivity contribution in [2.24, 2.45) is 7.05 Å². The van der Waals surface area contributed by atoms with Crippen LogP contribution in [-0.2, 0) is 11.8 Å². The van der Waals surface area contributed by atoms with Crippen LogP contribution in [0, 0.1) is 0 Å². The van der Waals surface area contributed by atoms with Gasteiger partial charge in [0.2, 0.25) is 5.95 Å². The summed E-state index contributed by atoms with van der Waals surface area (Å²) in [5, 5.41) is 7.41. The van der Waals surface area contributed by atoms with E-state index in [-0.39, 0.29) is 11.9 Å². The van der Waals surface area contributed by atoms with E-state index in [1.165, 1.54) is 0 Å². The Labute approximate surface area is 232 Å². The summed E-state index contributed by atoms with van der Waals surface area (Å²) < 4.78 is 9.06. The fourth-order valence-corrected chi connectivity index (χ4v) is 5.08. The van der Waals surface area contributed by atoms with Crippen molar-refractivity contribution in [3.63, 3.8) is 0 Å². The van der Waals surface area contributed by atoms with E-state index in [1.54, 1.807) is 18.7 Å². The first-order chi connectivity index (χ1) is 19.6. The Morgan fingerprint density at radius 1 is 1.12 bits per heavy atom. The second kappa shape index (κ2) is 11.4. The summed E-state index contributed by atoms with van der Waals surface area (Å²) in [6.07, 6.45) is 6.03. The lowest BCUT2D eigenvalue weighted by atomic mass is 10.1. The SMILES string of the molecule is C[C@H](Nc1nc(-n2cnc3ccncc32)nc2c1cc(C(=O)NCCCN1CCOCC1)n2C)c1ccccc1. The number of nitrogens with one attached hydrogen (secondary N) is 2. The van der Waals surface area contributed by atoms with Crippen molar-refractivity contribution in [3.8, 4) is 5.95 Å². The second-order valence-corrected chi connectivity index (χ2v) is 10.0. The lowest BCUT2D eigenvalue weighted by Crippen LogP contribution is -2.38. The maximum Gasteiger partial charge on any atom is 0.267 e. The molecule has 40 heavy (non-hydrogen) atoms. The van der Waals surface area contributed by atoms with Crippen molar-refractivity contribution in [1.82, 2.24) is 39.3 Å². The molecule has 0 spiro atoms. The Morgan fingerprint density at radius 3 is 2.77 bits per heavy atom. The number of carbonyl (C=O) groups is 1. The molecule has 1 aliphatic heterocycles. The molecular formula is C29H33N9O2. The number of aromatic nitrogens is 6. The molecule has 1 atom stereocenters. The Kier molecular flexibility index (Phi) is 7.39. The molecule has 0 bridgehead atoms. The number of ether oxygens (including phenoxy) is 1. The number of aryl methyl sites for hydroxylation is 1. The lowest BCUT2D eigenvalue weighted by Gasteiger charge is -2.26. The molecule has 0 unspecified atom stereocenters. The van der Waals surface area contributed by atoms with Gasteiger partial charge in [-0.1, -0.05) is 30.3 Å². The molecule has 0 radical (unpaired) electrons. The summed E-state index contributed by atoms with van der Waals surface area (Å²) in [5.74, 6) is 0.955. The molecule has 1 fully saturated rings. The molecule has 2 N–H and O–H groups in total. The first-order valence-electron chi connectivity index (χ1n) is 13.6. The molecule has 1 amide bonds. The van der Waals surface area contributed by atoms with Crippen LogP contribution < -0.4 is 10.6 Å². The predicted octanol–water partition coefficient (Wildman–Crippen LogP) is 3.33. The van der Waals surface area contributed by atoms with Gasteiger partial charge >= 0.3 is 0 Å². The van der Waals surface area contributed by atoms with E-state index in [0.717, 1.165) is 61.3 Å². The number of benzene rings is 1. The van der Waals surface area contributed by atoms with Crippen LogP contribution in [0.1, 0.15) is 35.4 Å². The monoisotopic (exact) mass is 539 g/mol. The maximum absolute atomic E-state index is 13.3. The summed E-state index contributed by atoms with van der Waals surface area (Å²) in [4.78, 5) is 34.2. The highest BCUT2D eigenvalue weighted by atomic mass is 16.5. The quantitative estimate of drug-likeness (QED) is 0.274. The molecule has 206 valence electrons. The van der Waals surface area contributed by atoms with Crippen LogP contribution in [0.25, 0.3) is 28.0 Å². The predicted molar refractivity (Wildman–Crippen MR) is 154 cm³/mol. The number of imidazole rings is 1. The molecule has 5 aromatic rings. The van der Waals surface area contributed by atoms with Crippen LogP contribution in [0.5, 0.6) is 0 Å². The van der Waals surface area contributed by atoms with E-state index >= 15 is 0 Å². The molecule has 1 saturated heterocycles. The summed E-state index contributed by atoms with van der Waals surface area (Å²) in [5.41, 5.74) is 3.91. The number of amides is 1. The smallest absolute Gasteiger partial charge is 0.267 e. The number of carbonyl (C=O) groups excluding carboxylic acids is 1. The third-order valence-corrected chi connectivity index (χ3v) is 7.36. The van der Waals surface area contributed by atoms with Crippen molar-refractivity contribution in [2.75, 3.05) is 44.7 Å². The Hall–Kier alpha value is -4.35. The van der Waals surface area contributed by atoms with Crippen molar-refractivity contribution in [1.29, 1.82) is 0 Å². The van der Waals surface area contributed by atoms with Gasteiger partial charge in [-0.15, -0.1) is 0 Å². The molecule has 4 aromatic heterocycles. The van der Waals surface area contributed by atoms with E-state index < -0.39 is 0 Å². The average Bonchev–Trinajstić information content (AvgIpc) is 3.58. The van der Waals surface area contributed by atoms with Crippen LogP contribution in [0.15, 0.2) is 61.2 Å². The van der Waals surface area contributed by atoms with Gasteiger partial charge in [0.15, 0.2) is 0 Å². The minimum absolute atomic E-state index is 0.0222. The van der Waals surface area contributed by atoms with E-state index in [9.17, 15) is 4.79 Å². The summed E-state index contributed by atoms with van der Waals surface area (Å²) in [6, 6.07) is 13.9. The minimum Gasteiger partial charge on any atom is -0.379 e. The molecular weight excluding hydrogens is 506 g/mol. The Bertz CT molecular complexity index is 1620. The standard InChI is InChI=1S/C29H33N9O2/c1-20(21-7-4-3-5-8-21)33-26-22-17-24(28(39)31-10-6-12-37-13-15-40-16-14-37)36(2)27(22)35-29(34-26)38-19-32-23-9-11-30-18-25(23)38/h3-5,7-9,11,17-20H,6,10,12-16H2,1-2H3,(H,31,39)(H,33,34,35)/t20-/m0/s1. The first-order valence-corrected chi connectivity index (χ1v) is 13.6. The molecule has 5 heterocycles. The zero-order chi connectivity index (χ0) is 27.5. The van der Waals surface area contributed by atoms with Gasteiger partial charge in [-0.2, -0.15) is 9.97 Å². The highest BCUT2D eigenvalue weighted by Crippen LogP contribution is 2.29. The van der Waals surface area contributed by atoms with Crippen molar-refractivity contribution < 1.29 is 9.53 Å². The number of hydrogen-bond acceptors (Lipinski definition) is 8. The highest BCUT2D eigenvalue weighted by molar-refractivity contribution is 6.01. The van der Waals surface area contributed by atoms with Gasteiger partial charge in [-0.3, -0.25) is 19.2 Å². The van der Waals surface area contributed by atoms with Crippen LogP contribution in [0.3, 0.4) is 0 Å². The molecule has 1 aliphatic rings. The largest absolute Gasteiger partial charge is 0.379 e. The second-order valence-electron chi connectivity index (χ2n) is 10.0. The minimum atomic E-state index is -0.136. The number of fused-ring (bicyclic) bond motifs is 2. The lowest BCUT2D eigenvalue weighted by molar-refractivity contribution is 0.0374. The van der Waals surface area contributed by atoms with Gasteiger partial charge in [0.25, 0.3) is 5.91 Å². The topological polar surface area (TPSA) is 115 Å². The molecule has 11 nitrogen and oxygen atoms in total. The normalized spacial score (nSPS) is 14.9. The van der Waals surface area contributed by atoms with Gasteiger partial charge in [0.1, 0.15) is 23.5 Å². The van der Waals surface area contributed by atoms with Crippen molar-refractivity contribution >= 4 is 33.8 Å². The molecule has 6 rings (SSSR count). The number of rotatable bonds is 9. The zero-order valence-corrected chi connectivity index (χ0v) is 22.7. The van der Waals surface area contributed by atoms with Gasteiger partial charge in [0, 0.05) is 38.9 Å². The van der Waals surface area contributed by atoms with E-state index in [4.69, 9.17) is 14.7 Å². The van der Waals surface area contributed by atoms with Gasteiger partial charge in [0.05, 0.1) is 35.8 Å². The van der Waals surface area contributed by atoms with Crippen LogP contribution in [0.2, 0.25) is 0 Å². The van der Waals surface area contributed by atoms with E-state index in [1.807, 2.05) is 46.5 Å². The Balaban J connectivity index is 1.31. The Morgan fingerprint density at radius 2 is 1.95 bits per heavy atom. The fraction of sp³-hybridized carbons (Fsp3) is 0.345. The molecule has 0 saturated carbocycles. The molecule has 1 aromatic carbocycles.